The van der Waals surface area contributed by atoms with Crippen LogP contribution in [0.25, 0.3) is 0 Å². The third-order valence-electron chi connectivity index (χ3n) is 5.95. The van der Waals surface area contributed by atoms with E-state index in [1.54, 1.807) is 0 Å². The van der Waals surface area contributed by atoms with Gasteiger partial charge >= 0.3 is 0 Å². The third-order valence-corrected chi connectivity index (χ3v) is 7.47. The Hall–Kier alpha value is -1.16. The van der Waals surface area contributed by atoms with Gasteiger partial charge < -0.3 is 10.1 Å². The minimum atomic E-state index is 0.0999. The number of carbonyl (C=O) groups excluding carboxylic acids is 1. The molecular formula is C20H27NO2S. The van der Waals surface area contributed by atoms with Crippen molar-refractivity contribution in [1.29, 1.82) is 0 Å². The van der Waals surface area contributed by atoms with Crippen LogP contribution in [-0.4, -0.2) is 23.0 Å². The monoisotopic (exact) mass is 345 g/mol. The van der Waals surface area contributed by atoms with Crippen LogP contribution in [0.2, 0.25) is 0 Å². The van der Waals surface area contributed by atoms with Gasteiger partial charge in [0.25, 0.3) is 0 Å². The van der Waals surface area contributed by atoms with Crippen LogP contribution in [0.5, 0.6) is 5.75 Å². The van der Waals surface area contributed by atoms with E-state index in [-0.39, 0.29) is 5.91 Å². The Morgan fingerprint density at radius 1 is 1.17 bits per heavy atom. The van der Waals surface area contributed by atoms with Crippen molar-refractivity contribution >= 4 is 23.4 Å². The first-order valence-electron chi connectivity index (χ1n) is 9.31. The summed E-state index contributed by atoms with van der Waals surface area (Å²) in [7, 11) is 0. The molecule has 3 nitrogen and oxygen atoms in total. The molecule has 0 radical (unpaired) electrons. The number of rotatable bonds is 6. The smallest absolute Gasteiger partial charge is 0.234 e. The fourth-order valence-electron chi connectivity index (χ4n) is 5.46. The Balaban J connectivity index is 1.36. The second-order valence-corrected chi connectivity index (χ2v) is 9.31. The summed E-state index contributed by atoms with van der Waals surface area (Å²) in [5.74, 6) is 4.23. The molecule has 0 unspecified atom stereocenters. The molecule has 1 amide bonds. The summed E-state index contributed by atoms with van der Waals surface area (Å²) < 4.78 is 5.99. The molecule has 0 atom stereocenters. The molecule has 5 rings (SSSR count). The fourth-order valence-corrected chi connectivity index (χ4v) is 7.03. The summed E-state index contributed by atoms with van der Waals surface area (Å²) in [6.45, 7) is 2.57. The molecule has 4 bridgehead atoms. The van der Waals surface area contributed by atoms with Crippen LogP contribution >= 0.6 is 11.8 Å². The average molecular weight is 346 g/mol. The number of thioether (sulfide) groups is 1. The van der Waals surface area contributed by atoms with E-state index in [0.717, 1.165) is 29.2 Å². The average Bonchev–Trinajstić information content (AvgIpc) is 2.54. The number of amides is 1. The van der Waals surface area contributed by atoms with Gasteiger partial charge in [-0.05, 0) is 75.3 Å². The number of para-hydroxylation sites is 2. The number of ether oxygens (including phenoxy) is 1. The third kappa shape index (κ3) is 3.30. The van der Waals surface area contributed by atoms with Gasteiger partial charge in [-0.2, -0.15) is 0 Å². The second kappa shape index (κ2) is 6.62. The van der Waals surface area contributed by atoms with Gasteiger partial charge in [0.1, 0.15) is 5.75 Å². The van der Waals surface area contributed by atoms with E-state index in [2.05, 4.69) is 5.32 Å². The van der Waals surface area contributed by atoms with E-state index >= 15 is 0 Å². The zero-order valence-electron chi connectivity index (χ0n) is 14.4. The highest BCUT2D eigenvalue weighted by molar-refractivity contribution is 8.01. The molecule has 130 valence electrons. The highest BCUT2D eigenvalue weighted by Gasteiger charge is 2.51. The number of benzene rings is 1. The highest BCUT2D eigenvalue weighted by atomic mass is 32.2. The molecule has 4 heteroatoms. The number of anilines is 1. The van der Waals surface area contributed by atoms with Gasteiger partial charge in [0.05, 0.1) is 18.0 Å². The molecule has 1 N–H and O–H groups in total. The predicted molar refractivity (Wildman–Crippen MR) is 99.6 cm³/mol. The SMILES string of the molecule is CCOc1ccccc1NC(=O)CSC12CC3CC(CC(C3)C1)C2. The van der Waals surface area contributed by atoms with Crippen molar-refractivity contribution in [2.45, 2.75) is 50.2 Å². The summed E-state index contributed by atoms with van der Waals surface area (Å²) in [4.78, 5) is 12.5. The summed E-state index contributed by atoms with van der Waals surface area (Å²) in [5, 5.41) is 3.04. The minimum Gasteiger partial charge on any atom is -0.492 e. The molecule has 4 aliphatic carbocycles. The molecule has 24 heavy (non-hydrogen) atoms. The van der Waals surface area contributed by atoms with Gasteiger partial charge in [-0.1, -0.05) is 12.1 Å². The van der Waals surface area contributed by atoms with E-state index < -0.39 is 0 Å². The lowest BCUT2D eigenvalue weighted by Crippen LogP contribution is -2.49. The van der Waals surface area contributed by atoms with Gasteiger partial charge in [-0.3, -0.25) is 4.79 Å². The maximum atomic E-state index is 12.5. The van der Waals surface area contributed by atoms with Crippen LogP contribution in [0, 0.1) is 17.8 Å². The standard InChI is InChI=1S/C20H27NO2S/c1-2-23-18-6-4-3-5-17(18)21-19(22)13-24-20-10-14-7-15(11-20)9-16(8-14)12-20/h3-6,14-16H,2,7-13H2,1H3,(H,21,22). The molecule has 0 spiro atoms. The molecule has 1 aromatic rings. The quantitative estimate of drug-likeness (QED) is 0.810. The molecule has 0 heterocycles. The predicted octanol–water partition coefficient (Wildman–Crippen LogP) is 4.73. The van der Waals surface area contributed by atoms with Gasteiger partial charge in [0, 0.05) is 4.75 Å². The van der Waals surface area contributed by atoms with Gasteiger partial charge in [0.15, 0.2) is 0 Å². The fraction of sp³-hybridized carbons (Fsp3) is 0.650. The first-order chi connectivity index (χ1) is 11.7. The van der Waals surface area contributed by atoms with Gasteiger partial charge in [0.2, 0.25) is 5.91 Å². The first-order valence-corrected chi connectivity index (χ1v) is 10.3. The van der Waals surface area contributed by atoms with Crippen molar-refractivity contribution < 1.29 is 9.53 Å². The van der Waals surface area contributed by atoms with Crippen LogP contribution in [0.3, 0.4) is 0 Å². The lowest BCUT2D eigenvalue weighted by atomic mass is 9.56. The number of carbonyl (C=O) groups is 1. The van der Waals surface area contributed by atoms with Crippen LogP contribution in [0.15, 0.2) is 24.3 Å². The summed E-state index contributed by atoms with van der Waals surface area (Å²) in [5.41, 5.74) is 0.787. The normalized spacial score (nSPS) is 33.5. The maximum absolute atomic E-state index is 12.5. The topological polar surface area (TPSA) is 38.3 Å². The zero-order chi connectivity index (χ0) is 16.6. The number of hydrogen-bond acceptors (Lipinski definition) is 3. The van der Waals surface area contributed by atoms with Gasteiger partial charge in [-0.25, -0.2) is 0 Å². The minimum absolute atomic E-state index is 0.0999. The van der Waals surface area contributed by atoms with E-state index in [0.29, 0.717) is 17.1 Å². The molecule has 4 fully saturated rings. The second-order valence-electron chi connectivity index (χ2n) is 7.87. The van der Waals surface area contributed by atoms with Crippen LogP contribution in [0.1, 0.15) is 45.4 Å². The Labute approximate surface area is 148 Å². The number of nitrogens with one attached hydrogen (secondary N) is 1. The first kappa shape index (κ1) is 16.3. The highest BCUT2D eigenvalue weighted by Crippen LogP contribution is 2.60. The van der Waals surface area contributed by atoms with E-state index in [1.165, 1.54) is 38.5 Å². The van der Waals surface area contributed by atoms with Crippen molar-refractivity contribution in [3.63, 3.8) is 0 Å². The van der Waals surface area contributed by atoms with Crippen molar-refractivity contribution in [2.24, 2.45) is 17.8 Å². The largest absolute Gasteiger partial charge is 0.492 e. The Morgan fingerprint density at radius 3 is 2.42 bits per heavy atom. The van der Waals surface area contributed by atoms with Crippen molar-refractivity contribution in [1.82, 2.24) is 0 Å². The number of hydrogen-bond donors (Lipinski definition) is 1. The lowest BCUT2D eigenvalue weighted by Gasteiger charge is -2.56. The van der Waals surface area contributed by atoms with Crippen molar-refractivity contribution in [3.8, 4) is 5.75 Å². The summed E-state index contributed by atoms with van der Waals surface area (Å²) in [6.07, 6.45) is 8.38. The van der Waals surface area contributed by atoms with Crippen LogP contribution < -0.4 is 10.1 Å². The lowest BCUT2D eigenvalue weighted by molar-refractivity contribution is -0.113. The van der Waals surface area contributed by atoms with Crippen molar-refractivity contribution in [2.75, 3.05) is 17.7 Å². The van der Waals surface area contributed by atoms with Crippen molar-refractivity contribution in [3.05, 3.63) is 24.3 Å². The molecule has 1 aromatic carbocycles. The Kier molecular flexibility index (Phi) is 4.50. The summed E-state index contributed by atoms with van der Waals surface area (Å²) in [6, 6.07) is 7.69. The van der Waals surface area contributed by atoms with Crippen LogP contribution in [-0.2, 0) is 4.79 Å². The maximum Gasteiger partial charge on any atom is 0.234 e. The van der Waals surface area contributed by atoms with E-state index in [4.69, 9.17) is 4.74 Å². The molecule has 0 saturated heterocycles. The van der Waals surface area contributed by atoms with E-state index in [9.17, 15) is 4.79 Å². The molecule has 0 aliphatic heterocycles. The van der Waals surface area contributed by atoms with Crippen LogP contribution in [0.4, 0.5) is 5.69 Å². The van der Waals surface area contributed by atoms with E-state index in [1.807, 2.05) is 43.0 Å². The zero-order valence-corrected chi connectivity index (χ0v) is 15.2. The molecule has 4 aliphatic rings. The molecule has 0 aromatic heterocycles. The molecular weight excluding hydrogens is 318 g/mol. The summed E-state index contributed by atoms with van der Waals surface area (Å²) >= 11 is 1.93. The van der Waals surface area contributed by atoms with Gasteiger partial charge in [-0.15, -0.1) is 11.8 Å². The Bertz CT molecular complexity index is 580. The Morgan fingerprint density at radius 2 is 1.79 bits per heavy atom. The molecule has 4 saturated carbocycles.